The van der Waals surface area contributed by atoms with E-state index < -0.39 is 0 Å². The van der Waals surface area contributed by atoms with E-state index in [0.29, 0.717) is 31.2 Å². The van der Waals surface area contributed by atoms with Gasteiger partial charge in [-0.15, -0.1) is 0 Å². The highest BCUT2D eigenvalue weighted by Gasteiger charge is 2.08. The van der Waals surface area contributed by atoms with E-state index in [4.69, 9.17) is 9.47 Å². The molecule has 6 nitrogen and oxygen atoms in total. The van der Waals surface area contributed by atoms with Gasteiger partial charge in [0.05, 0.1) is 13.7 Å². The Bertz CT molecular complexity index is 811. The van der Waals surface area contributed by atoms with Gasteiger partial charge in [0.15, 0.2) is 5.96 Å². The zero-order valence-corrected chi connectivity index (χ0v) is 17.8. The van der Waals surface area contributed by atoms with Crippen molar-refractivity contribution in [2.45, 2.75) is 26.1 Å². The summed E-state index contributed by atoms with van der Waals surface area (Å²) in [6, 6.07) is 12.7. The first-order chi connectivity index (χ1) is 13.9. The van der Waals surface area contributed by atoms with Crippen LogP contribution in [0.1, 0.15) is 18.1 Å². The zero-order valence-electron chi connectivity index (χ0n) is 17.8. The van der Waals surface area contributed by atoms with Crippen LogP contribution in [0.4, 0.5) is 4.39 Å². The summed E-state index contributed by atoms with van der Waals surface area (Å²) in [6.45, 7) is 3.66. The first-order valence-electron chi connectivity index (χ1n) is 9.58. The Morgan fingerprint density at radius 3 is 2.59 bits per heavy atom. The van der Waals surface area contributed by atoms with E-state index in [9.17, 15) is 4.39 Å². The molecular weight excluding hydrogens is 371 g/mol. The van der Waals surface area contributed by atoms with E-state index in [1.165, 1.54) is 6.07 Å². The molecule has 0 saturated heterocycles. The van der Waals surface area contributed by atoms with Crippen molar-refractivity contribution in [1.29, 1.82) is 0 Å². The first kappa shape index (κ1) is 22.5. The van der Waals surface area contributed by atoms with Gasteiger partial charge in [0, 0.05) is 31.8 Å². The van der Waals surface area contributed by atoms with Gasteiger partial charge >= 0.3 is 0 Å². The van der Waals surface area contributed by atoms with E-state index in [-0.39, 0.29) is 11.9 Å². The first-order valence-corrected chi connectivity index (χ1v) is 9.58. The third-order valence-electron chi connectivity index (χ3n) is 4.22. The van der Waals surface area contributed by atoms with Crippen LogP contribution >= 0.6 is 0 Å². The monoisotopic (exact) mass is 402 g/mol. The number of ether oxygens (including phenoxy) is 2. The van der Waals surface area contributed by atoms with Crippen molar-refractivity contribution in [3.8, 4) is 11.5 Å². The second kappa shape index (κ2) is 11.3. The third kappa shape index (κ3) is 7.62. The minimum Gasteiger partial charge on any atom is -0.497 e. The molecular formula is C22H31FN4O2. The van der Waals surface area contributed by atoms with Crippen LogP contribution in [0.3, 0.4) is 0 Å². The van der Waals surface area contributed by atoms with Gasteiger partial charge in [0.2, 0.25) is 0 Å². The highest BCUT2D eigenvalue weighted by Crippen LogP contribution is 2.19. The molecule has 0 bridgehead atoms. The van der Waals surface area contributed by atoms with Crippen molar-refractivity contribution in [1.82, 2.24) is 15.5 Å². The summed E-state index contributed by atoms with van der Waals surface area (Å²) in [5, 5.41) is 6.50. The molecule has 0 aromatic heterocycles. The van der Waals surface area contributed by atoms with Crippen molar-refractivity contribution in [2.24, 2.45) is 4.99 Å². The van der Waals surface area contributed by atoms with Gasteiger partial charge in [-0.3, -0.25) is 4.99 Å². The van der Waals surface area contributed by atoms with Gasteiger partial charge in [0.1, 0.15) is 23.4 Å². The standard InChI is InChI=1S/C22H31FN4O2/c1-16(29-20-8-6-7-19(12-20)28-5)13-25-22(24-2)26-14-17-9-10-21(23)18(11-17)15-27(3)4/h6-12,16H,13-15H2,1-5H3,(H2,24,25,26). The van der Waals surface area contributed by atoms with Crippen LogP contribution in [0.2, 0.25) is 0 Å². The zero-order chi connectivity index (χ0) is 21.2. The molecule has 0 aliphatic rings. The summed E-state index contributed by atoms with van der Waals surface area (Å²) < 4.78 is 25.0. The third-order valence-corrected chi connectivity index (χ3v) is 4.22. The molecule has 29 heavy (non-hydrogen) atoms. The van der Waals surface area contributed by atoms with Crippen LogP contribution in [-0.4, -0.2) is 51.8 Å². The van der Waals surface area contributed by atoms with E-state index in [0.717, 1.165) is 17.1 Å². The lowest BCUT2D eigenvalue weighted by Crippen LogP contribution is -2.41. The van der Waals surface area contributed by atoms with Crippen molar-refractivity contribution in [3.63, 3.8) is 0 Å². The lowest BCUT2D eigenvalue weighted by Gasteiger charge is -2.18. The van der Waals surface area contributed by atoms with Crippen LogP contribution in [0, 0.1) is 5.82 Å². The normalized spacial score (nSPS) is 12.6. The van der Waals surface area contributed by atoms with Crippen molar-refractivity contribution >= 4 is 5.96 Å². The molecule has 2 N–H and O–H groups in total. The highest BCUT2D eigenvalue weighted by atomic mass is 19.1. The Balaban J connectivity index is 1.84. The van der Waals surface area contributed by atoms with Gasteiger partial charge in [-0.05, 0) is 50.8 Å². The molecule has 0 radical (unpaired) electrons. The molecule has 7 heteroatoms. The summed E-state index contributed by atoms with van der Waals surface area (Å²) >= 11 is 0. The molecule has 0 spiro atoms. The lowest BCUT2D eigenvalue weighted by atomic mass is 10.1. The van der Waals surface area contributed by atoms with Gasteiger partial charge in [-0.25, -0.2) is 4.39 Å². The van der Waals surface area contributed by atoms with Gasteiger partial charge in [-0.2, -0.15) is 0 Å². The largest absolute Gasteiger partial charge is 0.497 e. The summed E-state index contributed by atoms with van der Waals surface area (Å²) in [5.74, 6) is 1.98. The predicted molar refractivity (Wildman–Crippen MR) is 115 cm³/mol. The van der Waals surface area contributed by atoms with E-state index in [1.54, 1.807) is 20.2 Å². The summed E-state index contributed by atoms with van der Waals surface area (Å²) in [6.07, 6.45) is -0.0711. The number of methoxy groups -OCH3 is 1. The predicted octanol–water partition coefficient (Wildman–Crippen LogP) is 3.03. The van der Waals surface area contributed by atoms with E-state index in [2.05, 4.69) is 15.6 Å². The molecule has 0 heterocycles. The fraction of sp³-hybridized carbons (Fsp3) is 0.409. The topological polar surface area (TPSA) is 58.1 Å². The Labute approximate surface area is 172 Å². The highest BCUT2D eigenvalue weighted by molar-refractivity contribution is 5.79. The second-order valence-corrected chi connectivity index (χ2v) is 7.08. The number of benzene rings is 2. The molecule has 2 aromatic carbocycles. The smallest absolute Gasteiger partial charge is 0.191 e. The summed E-state index contributed by atoms with van der Waals surface area (Å²) in [5.41, 5.74) is 1.67. The molecule has 0 fully saturated rings. The van der Waals surface area contributed by atoms with Gasteiger partial charge in [0.25, 0.3) is 0 Å². The number of hydrogen-bond donors (Lipinski definition) is 2. The molecule has 1 unspecified atom stereocenters. The van der Waals surface area contributed by atoms with Crippen LogP contribution in [0.5, 0.6) is 11.5 Å². The molecule has 0 amide bonds. The lowest BCUT2D eigenvalue weighted by molar-refractivity contribution is 0.223. The number of halogens is 1. The summed E-state index contributed by atoms with van der Waals surface area (Å²) in [7, 11) is 7.19. The Morgan fingerprint density at radius 2 is 1.90 bits per heavy atom. The number of aliphatic imine (C=N–C) groups is 1. The maximum absolute atomic E-state index is 13.9. The molecule has 0 aliphatic heterocycles. The molecule has 2 rings (SSSR count). The maximum atomic E-state index is 13.9. The molecule has 0 aliphatic carbocycles. The van der Waals surface area contributed by atoms with Crippen LogP contribution in [0.25, 0.3) is 0 Å². The second-order valence-electron chi connectivity index (χ2n) is 7.08. The Morgan fingerprint density at radius 1 is 1.14 bits per heavy atom. The number of nitrogens with zero attached hydrogens (tertiary/aromatic N) is 2. The average molecular weight is 403 g/mol. The van der Waals surface area contributed by atoms with Gasteiger partial charge in [-0.1, -0.05) is 12.1 Å². The molecule has 2 aromatic rings. The Hall–Kier alpha value is -2.80. The van der Waals surface area contributed by atoms with Crippen LogP contribution in [0.15, 0.2) is 47.5 Å². The average Bonchev–Trinajstić information content (AvgIpc) is 2.70. The van der Waals surface area contributed by atoms with E-state index in [1.807, 2.05) is 56.3 Å². The Kier molecular flexibility index (Phi) is 8.73. The van der Waals surface area contributed by atoms with Crippen LogP contribution in [-0.2, 0) is 13.1 Å². The van der Waals surface area contributed by atoms with Crippen molar-refractivity contribution in [3.05, 3.63) is 59.4 Å². The fourth-order valence-electron chi connectivity index (χ4n) is 2.80. The van der Waals surface area contributed by atoms with Crippen molar-refractivity contribution < 1.29 is 13.9 Å². The maximum Gasteiger partial charge on any atom is 0.191 e. The molecule has 158 valence electrons. The molecule has 1 atom stereocenters. The number of guanidine groups is 1. The number of hydrogen-bond acceptors (Lipinski definition) is 4. The van der Waals surface area contributed by atoms with Crippen molar-refractivity contribution in [2.75, 3.05) is 34.8 Å². The van der Waals surface area contributed by atoms with Gasteiger partial charge < -0.3 is 25.0 Å². The quantitative estimate of drug-likeness (QED) is 0.499. The SMILES string of the molecule is CN=C(NCc1ccc(F)c(CN(C)C)c1)NCC(C)Oc1cccc(OC)c1. The summed E-state index contributed by atoms with van der Waals surface area (Å²) in [4.78, 5) is 6.18. The minimum absolute atomic E-state index is 0.0711. The number of nitrogens with one attached hydrogen (secondary N) is 2. The van der Waals surface area contributed by atoms with E-state index >= 15 is 0 Å². The fourth-order valence-corrected chi connectivity index (χ4v) is 2.80. The van der Waals surface area contributed by atoms with Crippen LogP contribution < -0.4 is 20.1 Å². The number of rotatable bonds is 9. The minimum atomic E-state index is -0.187. The molecule has 0 saturated carbocycles.